The van der Waals surface area contributed by atoms with Crippen molar-refractivity contribution in [2.45, 2.75) is 6.04 Å². The first-order valence-electron chi connectivity index (χ1n) is 8.68. The van der Waals surface area contributed by atoms with Crippen molar-refractivity contribution >= 4 is 69.1 Å². The fourth-order valence-electron chi connectivity index (χ4n) is 3.64. The van der Waals surface area contributed by atoms with Crippen LogP contribution in [0.1, 0.15) is 32.3 Å². The second-order valence-electron chi connectivity index (χ2n) is 7.00. The lowest BCUT2D eigenvalue weighted by atomic mass is 10.0. The minimum absolute atomic E-state index is 0.00694. The van der Waals surface area contributed by atoms with E-state index in [-0.39, 0.29) is 43.8 Å². The highest BCUT2D eigenvalue weighted by Gasteiger charge is 2.42. The number of amides is 2. The van der Waals surface area contributed by atoms with Crippen LogP contribution in [0.25, 0.3) is 10.9 Å². The van der Waals surface area contributed by atoms with Crippen LogP contribution in [-0.4, -0.2) is 47.2 Å². The Bertz CT molecular complexity index is 1130. The molecular weight excluding hydrogens is 456 g/mol. The number of fused-ring (bicyclic) bond motifs is 2. The quantitative estimate of drug-likeness (QED) is 0.303. The molecule has 0 aliphatic carbocycles. The van der Waals surface area contributed by atoms with Gasteiger partial charge in [-0.05, 0) is 25.7 Å². The van der Waals surface area contributed by atoms with E-state index in [1.807, 2.05) is 49.5 Å². The van der Waals surface area contributed by atoms with Crippen molar-refractivity contribution in [1.29, 1.82) is 0 Å². The lowest BCUT2D eigenvalue weighted by molar-refractivity contribution is 0.0612. The third-order valence-corrected chi connectivity index (χ3v) is 6.95. The first-order valence-corrected chi connectivity index (χ1v) is 10.2. The van der Waals surface area contributed by atoms with Crippen LogP contribution in [0.4, 0.5) is 0 Å². The molecule has 4 rings (SSSR count). The number of hydrogen-bond donors (Lipinski definition) is 1. The number of carbonyl (C=O) groups excluding carboxylic acids is 2. The number of imide groups is 1. The predicted molar refractivity (Wildman–Crippen MR) is 117 cm³/mol. The zero-order valence-electron chi connectivity index (χ0n) is 15.4. The molecule has 0 spiro atoms. The summed E-state index contributed by atoms with van der Waals surface area (Å²) in [7, 11) is 3.77. The van der Waals surface area contributed by atoms with Crippen LogP contribution in [0.15, 0.2) is 30.5 Å². The molecule has 1 N–H and O–H groups in total. The van der Waals surface area contributed by atoms with E-state index in [9.17, 15) is 9.59 Å². The summed E-state index contributed by atoms with van der Waals surface area (Å²) in [4.78, 5) is 32.5. The molecule has 0 fully saturated rings. The molecule has 0 bridgehead atoms. The van der Waals surface area contributed by atoms with Crippen molar-refractivity contribution in [3.63, 3.8) is 0 Å². The summed E-state index contributed by atoms with van der Waals surface area (Å²) in [5.41, 5.74) is 1.93. The maximum atomic E-state index is 13.1. The van der Waals surface area contributed by atoms with Gasteiger partial charge in [0.05, 0.1) is 37.3 Å². The second kappa shape index (κ2) is 7.49. The summed E-state index contributed by atoms with van der Waals surface area (Å²) in [6, 6.07) is 7.59. The third-order valence-electron chi connectivity index (χ3n) is 5.14. The average Bonchev–Trinajstić information content (AvgIpc) is 3.22. The molecule has 29 heavy (non-hydrogen) atoms. The highest BCUT2D eigenvalue weighted by Crippen LogP contribution is 2.45. The van der Waals surface area contributed by atoms with Crippen LogP contribution >= 0.6 is 46.4 Å². The Hall–Kier alpha value is -1.76. The number of aromatic amines is 1. The Morgan fingerprint density at radius 3 is 2.03 bits per heavy atom. The summed E-state index contributed by atoms with van der Waals surface area (Å²) in [6.07, 6.45) is 1.89. The van der Waals surface area contributed by atoms with Crippen LogP contribution in [-0.2, 0) is 0 Å². The minimum Gasteiger partial charge on any atom is -0.361 e. The molecule has 5 nitrogen and oxygen atoms in total. The standard InChI is InChI=1S/C20H15Cl4N3O2/c1-26(2)12(10-7-25-11-6-4-3-5-9(10)11)8-27-19(28)13-14(20(27)29)16(22)18(24)17(23)15(13)21/h3-7,12,25H,8H2,1-2H3/t12-/m1/s1. The SMILES string of the molecule is CN(C)[C@H](CN1C(=O)c2c(Cl)c(Cl)c(Cl)c(Cl)c2C1=O)c1c[nH]c2ccccc12. The molecule has 1 aliphatic rings. The van der Waals surface area contributed by atoms with Crippen LogP contribution < -0.4 is 0 Å². The third kappa shape index (κ3) is 3.13. The van der Waals surface area contributed by atoms with Gasteiger partial charge in [-0.15, -0.1) is 0 Å². The van der Waals surface area contributed by atoms with Gasteiger partial charge in [0, 0.05) is 23.6 Å². The van der Waals surface area contributed by atoms with Gasteiger partial charge in [0.1, 0.15) is 0 Å². The Balaban J connectivity index is 1.77. The van der Waals surface area contributed by atoms with Gasteiger partial charge in [0.25, 0.3) is 11.8 Å². The van der Waals surface area contributed by atoms with E-state index >= 15 is 0 Å². The topological polar surface area (TPSA) is 56.4 Å². The molecule has 2 aromatic carbocycles. The number of para-hydroxylation sites is 1. The summed E-state index contributed by atoms with van der Waals surface area (Å²) in [5.74, 6) is -1.08. The summed E-state index contributed by atoms with van der Waals surface area (Å²) in [6.45, 7) is 0.114. The Kier molecular flexibility index (Phi) is 5.30. The number of nitrogens with zero attached hydrogens (tertiary/aromatic N) is 2. The molecule has 9 heteroatoms. The Morgan fingerprint density at radius 1 is 0.931 bits per heavy atom. The number of hydrogen-bond acceptors (Lipinski definition) is 3. The van der Waals surface area contributed by atoms with Crippen molar-refractivity contribution in [3.8, 4) is 0 Å². The zero-order chi connectivity index (χ0) is 21.0. The second-order valence-corrected chi connectivity index (χ2v) is 8.51. The number of nitrogens with one attached hydrogen (secondary N) is 1. The molecule has 2 amide bonds. The molecule has 0 unspecified atom stereocenters. The van der Waals surface area contributed by atoms with E-state index in [0.29, 0.717) is 0 Å². The van der Waals surface area contributed by atoms with Gasteiger partial charge in [-0.1, -0.05) is 64.6 Å². The van der Waals surface area contributed by atoms with Gasteiger partial charge in [0.15, 0.2) is 0 Å². The Morgan fingerprint density at radius 2 is 1.48 bits per heavy atom. The maximum Gasteiger partial charge on any atom is 0.263 e. The van der Waals surface area contributed by atoms with Crippen LogP contribution in [0.2, 0.25) is 20.1 Å². The molecule has 3 aromatic rings. The van der Waals surface area contributed by atoms with Crippen LogP contribution in [0.3, 0.4) is 0 Å². The Labute approximate surface area is 187 Å². The summed E-state index contributed by atoms with van der Waals surface area (Å²) < 4.78 is 0. The molecule has 1 aromatic heterocycles. The number of benzene rings is 2. The lowest BCUT2D eigenvalue weighted by Crippen LogP contribution is -2.38. The van der Waals surface area contributed by atoms with E-state index in [1.165, 1.54) is 0 Å². The first-order chi connectivity index (χ1) is 13.7. The van der Waals surface area contributed by atoms with Gasteiger partial charge in [-0.2, -0.15) is 0 Å². The molecule has 0 saturated heterocycles. The molecular formula is C20H15Cl4N3O2. The number of rotatable bonds is 4. The number of halogens is 4. The summed E-state index contributed by atoms with van der Waals surface area (Å²) >= 11 is 24.6. The number of carbonyl (C=O) groups is 2. The van der Waals surface area contributed by atoms with E-state index in [4.69, 9.17) is 46.4 Å². The highest BCUT2D eigenvalue weighted by molar-refractivity contribution is 6.55. The van der Waals surface area contributed by atoms with Crippen molar-refractivity contribution in [1.82, 2.24) is 14.8 Å². The van der Waals surface area contributed by atoms with Gasteiger partial charge in [-0.3, -0.25) is 14.5 Å². The van der Waals surface area contributed by atoms with E-state index in [2.05, 4.69) is 4.98 Å². The molecule has 0 radical (unpaired) electrons. The van der Waals surface area contributed by atoms with Crippen LogP contribution in [0, 0.1) is 0 Å². The van der Waals surface area contributed by atoms with E-state index in [0.717, 1.165) is 21.4 Å². The molecule has 0 saturated carbocycles. The average molecular weight is 471 g/mol. The van der Waals surface area contributed by atoms with Crippen molar-refractivity contribution < 1.29 is 9.59 Å². The predicted octanol–water partition coefficient (Wildman–Crippen LogP) is 5.68. The van der Waals surface area contributed by atoms with E-state index < -0.39 is 11.8 Å². The molecule has 2 heterocycles. The fourth-order valence-corrected chi connectivity index (χ4v) is 4.66. The van der Waals surface area contributed by atoms with Gasteiger partial charge in [0.2, 0.25) is 0 Å². The molecule has 150 valence electrons. The zero-order valence-corrected chi connectivity index (χ0v) is 18.4. The molecule has 1 aliphatic heterocycles. The molecule has 1 atom stereocenters. The fraction of sp³-hybridized carbons (Fsp3) is 0.200. The summed E-state index contributed by atoms with van der Waals surface area (Å²) in [5, 5.41) is 0.808. The van der Waals surface area contributed by atoms with Gasteiger partial charge >= 0.3 is 0 Å². The van der Waals surface area contributed by atoms with Crippen molar-refractivity contribution in [2.24, 2.45) is 0 Å². The normalized spacial score (nSPS) is 14.9. The maximum absolute atomic E-state index is 13.1. The van der Waals surface area contributed by atoms with Gasteiger partial charge in [-0.25, -0.2) is 0 Å². The van der Waals surface area contributed by atoms with Crippen molar-refractivity contribution in [2.75, 3.05) is 20.6 Å². The monoisotopic (exact) mass is 469 g/mol. The largest absolute Gasteiger partial charge is 0.361 e. The van der Waals surface area contributed by atoms with E-state index in [1.54, 1.807) is 0 Å². The first kappa shape index (κ1) is 20.5. The number of H-pyrrole nitrogens is 1. The highest BCUT2D eigenvalue weighted by atomic mass is 35.5. The number of aromatic nitrogens is 1. The number of likely N-dealkylation sites (N-methyl/N-ethyl adjacent to an activating group) is 1. The van der Waals surface area contributed by atoms with Crippen LogP contribution in [0.5, 0.6) is 0 Å². The minimum atomic E-state index is -0.540. The van der Waals surface area contributed by atoms with Crippen molar-refractivity contribution in [3.05, 3.63) is 67.2 Å². The lowest BCUT2D eigenvalue weighted by Gasteiger charge is -2.28. The van der Waals surface area contributed by atoms with Gasteiger partial charge < -0.3 is 9.88 Å². The smallest absolute Gasteiger partial charge is 0.263 e.